The zero-order chi connectivity index (χ0) is 15.4. The molecule has 6 nitrogen and oxygen atoms in total. The molecule has 2 N–H and O–H groups in total. The molecule has 114 valence electrons. The Morgan fingerprint density at radius 1 is 1.19 bits per heavy atom. The summed E-state index contributed by atoms with van der Waals surface area (Å²) in [5, 5.41) is 4.03. The van der Waals surface area contributed by atoms with Crippen molar-refractivity contribution in [3.05, 3.63) is 24.1 Å². The van der Waals surface area contributed by atoms with Crippen molar-refractivity contribution in [3.63, 3.8) is 0 Å². The molecule has 0 saturated heterocycles. The minimum atomic E-state index is 0.0615. The van der Waals surface area contributed by atoms with Gasteiger partial charge in [0.05, 0.1) is 20.1 Å². The zero-order valence-electron chi connectivity index (χ0n) is 12.8. The second-order valence-electron chi connectivity index (χ2n) is 5.11. The summed E-state index contributed by atoms with van der Waals surface area (Å²) in [6, 6.07) is 5.50. The van der Waals surface area contributed by atoms with Crippen molar-refractivity contribution in [1.29, 1.82) is 0 Å². The van der Waals surface area contributed by atoms with Crippen molar-refractivity contribution < 1.29 is 14.0 Å². The Labute approximate surface area is 124 Å². The third-order valence-corrected chi connectivity index (χ3v) is 3.46. The average Bonchev–Trinajstić information content (AvgIpc) is 2.96. The molecule has 0 fully saturated rings. The van der Waals surface area contributed by atoms with Crippen LogP contribution in [0.1, 0.15) is 25.7 Å². The molecule has 1 unspecified atom stereocenters. The predicted octanol–water partition coefficient (Wildman–Crippen LogP) is 2.45. The maximum absolute atomic E-state index is 5.77. The third kappa shape index (κ3) is 3.16. The van der Waals surface area contributed by atoms with Crippen LogP contribution in [-0.2, 0) is 0 Å². The van der Waals surface area contributed by atoms with E-state index in [4.69, 9.17) is 19.7 Å². The smallest absolute Gasteiger partial charge is 0.231 e. The van der Waals surface area contributed by atoms with Crippen molar-refractivity contribution in [3.8, 4) is 22.9 Å². The quantitative estimate of drug-likeness (QED) is 0.880. The van der Waals surface area contributed by atoms with Crippen molar-refractivity contribution in [1.82, 2.24) is 10.1 Å². The average molecular weight is 291 g/mol. The van der Waals surface area contributed by atoms with E-state index in [-0.39, 0.29) is 5.92 Å². The third-order valence-electron chi connectivity index (χ3n) is 3.46. The second kappa shape index (κ2) is 6.58. The number of rotatable bonds is 6. The first kappa shape index (κ1) is 15.3. The number of hydrogen-bond donors (Lipinski definition) is 1. The molecular weight excluding hydrogens is 270 g/mol. The molecule has 1 aromatic heterocycles. The molecule has 1 heterocycles. The molecule has 2 aromatic rings. The molecule has 1 aromatic carbocycles. The van der Waals surface area contributed by atoms with E-state index in [0.29, 0.717) is 35.7 Å². The van der Waals surface area contributed by atoms with Gasteiger partial charge in [-0.25, -0.2) is 0 Å². The molecule has 0 aliphatic heterocycles. The van der Waals surface area contributed by atoms with E-state index < -0.39 is 0 Å². The van der Waals surface area contributed by atoms with Crippen LogP contribution in [0.2, 0.25) is 0 Å². The fourth-order valence-corrected chi connectivity index (χ4v) is 2.14. The van der Waals surface area contributed by atoms with Crippen molar-refractivity contribution >= 4 is 0 Å². The Morgan fingerprint density at radius 2 is 1.90 bits per heavy atom. The molecule has 0 aliphatic carbocycles. The van der Waals surface area contributed by atoms with Gasteiger partial charge in [0.25, 0.3) is 0 Å². The maximum atomic E-state index is 5.77. The van der Waals surface area contributed by atoms with Crippen molar-refractivity contribution in [2.75, 3.05) is 20.8 Å². The molecule has 0 saturated carbocycles. The highest BCUT2D eigenvalue weighted by atomic mass is 16.5. The number of nitrogens with two attached hydrogens (primary N) is 1. The molecule has 6 heteroatoms. The Bertz CT molecular complexity index is 596. The minimum absolute atomic E-state index is 0.0615. The molecule has 0 radical (unpaired) electrons. The Hall–Kier alpha value is -2.08. The van der Waals surface area contributed by atoms with E-state index in [2.05, 4.69) is 24.0 Å². The van der Waals surface area contributed by atoms with Crippen LogP contribution in [0, 0.1) is 5.92 Å². The number of ether oxygens (including phenoxy) is 2. The van der Waals surface area contributed by atoms with Gasteiger partial charge < -0.3 is 19.7 Å². The van der Waals surface area contributed by atoms with Crippen LogP contribution in [-0.4, -0.2) is 30.9 Å². The van der Waals surface area contributed by atoms with Crippen molar-refractivity contribution in [2.24, 2.45) is 11.7 Å². The van der Waals surface area contributed by atoms with E-state index in [1.165, 1.54) is 0 Å². The first-order valence-electron chi connectivity index (χ1n) is 6.86. The van der Waals surface area contributed by atoms with E-state index in [0.717, 1.165) is 5.56 Å². The number of nitrogens with zero attached hydrogens (tertiary/aromatic N) is 2. The van der Waals surface area contributed by atoms with Gasteiger partial charge in [0.1, 0.15) is 0 Å². The summed E-state index contributed by atoms with van der Waals surface area (Å²) in [6.45, 7) is 4.64. The van der Waals surface area contributed by atoms with E-state index in [1.54, 1.807) is 14.2 Å². The van der Waals surface area contributed by atoms with Crippen LogP contribution in [0.25, 0.3) is 11.4 Å². The molecule has 0 amide bonds. The lowest BCUT2D eigenvalue weighted by molar-refractivity contribution is 0.324. The lowest BCUT2D eigenvalue weighted by Crippen LogP contribution is -2.18. The van der Waals surface area contributed by atoms with Gasteiger partial charge in [-0.05, 0) is 24.1 Å². The van der Waals surface area contributed by atoms with Gasteiger partial charge in [-0.3, -0.25) is 0 Å². The highest BCUT2D eigenvalue weighted by molar-refractivity contribution is 5.60. The number of benzene rings is 1. The fraction of sp³-hybridized carbons (Fsp3) is 0.467. The van der Waals surface area contributed by atoms with Gasteiger partial charge >= 0.3 is 0 Å². The predicted molar refractivity (Wildman–Crippen MR) is 79.5 cm³/mol. The summed E-state index contributed by atoms with van der Waals surface area (Å²) in [4.78, 5) is 4.45. The zero-order valence-corrected chi connectivity index (χ0v) is 12.8. The lowest BCUT2D eigenvalue weighted by atomic mass is 9.96. The van der Waals surface area contributed by atoms with E-state index in [9.17, 15) is 0 Å². The highest BCUT2D eigenvalue weighted by Crippen LogP contribution is 2.32. The van der Waals surface area contributed by atoms with E-state index >= 15 is 0 Å². The summed E-state index contributed by atoms with van der Waals surface area (Å²) in [6.07, 6.45) is 0. The van der Waals surface area contributed by atoms with Crippen LogP contribution < -0.4 is 15.2 Å². The summed E-state index contributed by atoms with van der Waals surface area (Å²) >= 11 is 0. The van der Waals surface area contributed by atoms with Gasteiger partial charge in [0.2, 0.25) is 11.7 Å². The van der Waals surface area contributed by atoms with E-state index in [1.807, 2.05) is 18.2 Å². The van der Waals surface area contributed by atoms with Gasteiger partial charge in [-0.15, -0.1) is 0 Å². The van der Waals surface area contributed by atoms with Crippen molar-refractivity contribution in [2.45, 2.75) is 19.8 Å². The summed E-state index contributed by atoms with van der Waals surface area (Å²) in [5.41, 5.74) is 6.58. The number of hydrogen-bond acceptors (Lipinski definition) is 6. The highest BCUT2D eigenvalue weighted by Gasteiger charge is 2.21. The van der Waals surface area contributed by atoms with Gasteiger partial charge in [0.15, 0.2) is 11.5 Å². The first-order chi connectivity index (χ1) is 10.1. The molecule has 21 heavy (non-hydrogen) atoms. The summed E-state index contributed by atoms with van der Waals surface area (Å²) in [5.74, 6) is 2.77. The number of aromatic nitrogens is 2. The first-order valence-corrected chi connectivity index (χ1v) is 6.86. The lowest BCUT2D eigenvalue weighted by Gasteiger charge is -2.13. The Balaban J connectivity index is 2.33. The molecule has 0 bridgehead atoms. The number of methoxy groups -OCH3 is 2. The minimum Gasteiger partial charge on any atom is -0.493 e. The van der Waals surface area contributed by atoms with Crippen LogP contribution in [0.15, 0.2) is 22.7 Å². The Kier molecular flexibility index (Phi) is 4.80. The van der Waals surface area contributed by atoms with Gasteiger partial charge in [-0.2, -0.15) is 4.98 Å². The topological polar surface area (TPSA) is 83.4 Å². The monoisotopic (exact) mass is 291 g/mol. The van der Waals surface area contributed by atoms with Crippen LogP contribution in [0.5, 0.6) is 11.5 Å². The Morgan fingerprint density at radius 3 is 2.48 bits per heavy atom. The molecule has 0 spiro atoms. The molecule has 2 rings (SSSR count). The fourth-order valence-electron chi connectivity index (χ4n) is 2.14. The van der Waals surface area contributed by atoms with Crippen LogP contribution >= 0.6 is 0 Å². The normalized spacial score (nSPS) is 12.5. The summed E-state index contributed by atoms with van der Waals surface area (Å²) in [7, 11) is 3.19. The van der Waals surface area contributed by atoms with Crippen LogP contribution in [0.4, 0.5) is 0 Å². The second-order valence-corrected chi connectivity index (χ2v) is 5.11. The molecule has 1 atom stereocenters. The SMILES string of the molecule is COc1ccc(-c2noc(C(CN)C(C)C)n2)cc1OC. The van der Waals surface area contributed by atoms with Gasteiger partial charge in [-0.1, -0.05) is 19.0 Å². The maximum Gasteiger partial charge on any atom is 0.231 e. The van der Waals surface area contributed by atoms with Gasteiger partial charge in [0, 0.05) is 12.1 Å². The largest absolute Gasteiger partial charge is 0.493 e. The molecular formula is C15H21N3O3. The molecule has 0 aliphatic rings. The summed E-state index contributed by atoms with van der Waals surface area (Å²) < 4.78 is 15.8. The van der Waals surface area contributed by atoms with Crippen LogP contribution in [0.3, 0.4) is 0 Å². The standard InChI is InChI=1S/C15H21N3O3/c1-9(2)11(8-16)15-17-14(18-21-15)10-5-6-12(19-3)13(7-10)20-4/h5-7,9,11H,8,16H2,1-4H3.